The number of pyridine rings is 1. The molecule has 1 atom stereocenters. The summed E-state index contributed by atoms with van der Waals surface area (Å²) in [6.07, 6.45) is 2.16. The maximum absolute atomic E-state index is 11.0. The average Bonchev–Trinajstić information content (AvgIpc) is 2.81. The summed E-state index contributed by atoms with van der Waals surface area (Å²) in [5.41, 5.74) is -0.501. The second-order valence-corrected chi connectivity index (χ2v) is 4.95. The van der Waals surface area contributed by atoms with Gasteiger partial charge in [-0.3, -0.25) is 10.1 Å². The Labute approximate surface area is 115 Å². The van der Waals surface area contributed by atoms with Crippen molar-refractivity contribution < 1.29 is 14.8 Å². The number of rotatable bonds is 5. The minimum Gasteiger partial charge on any atom is -0.478 e. The molecule has 1 unspecified atom stereocenters. The van der Waals surface area contributed by atoms with Crippen LogP contribution < -0.4 is 5.32 Å². The summed E-state index contributed by atoms with van der Waals surface area (Å²) in [6, 6.07) is 1.03. The van der Waals surface area contributed by atoms with Crippen LogP contribution in [-0.4, -0.2) is 52.6 Å². The summed E-state index contributed by atoms with van der Waals surface area (Å²) in [7, 11) is 2.03. The number of aromatic carboxylic acids is 1. The molecule has 2 N–H and O–H groups in total. The molecule has 108 valence electrons. The molecule has 20 heavy (non-hydrogen) atoms. The van der Waals surface area contributed by atoms with Gasteiger partial charge in [0.15, 0.2) is 0 Å². The van der Waals surface area contributed by atoms with Gasteiger partial charge in [0.1, 0.15) is 0 Å². The van der Waals surface area contributed by atoms with Crippen LogP contribution in [0.25, 0.3) is 0 Å². The van der Waals surface area contributed by atoms with E-state index in [4.69, 9.17) is 5.11 Å². The second kappa shape index (κ2) is 5.83. The molecule has 1 saturated heterocycles. The number of hydrogen-bond donors (Lipinski definition) is 2. The maximum Gasteiger partial charge on any atom is 0.337 e. The summed E-state index contributed by atoms with van der Waals surface area (Å²) in [4.78, 5) is 27.2. The number of aromatic nitrogens is 1. The second-order valence-electron chi connectivity index (χ2n) is 4.95. The summed E-state index contributed by atoms with van der Waals surface area (Å²) >= 11 is 0. The number of carbonyl (C=O) groups is 1. The molecule has 1 aromatic heterocycles. The van der Waals surface area contributed by atoms with Crippen molar-refractivity contribution in [2.75, 3.05) is 32.0 Å². The van der Waals surface area contributed by atoms with Crippen molar-refractivity contribution in [1.82, 2.24) is 9.88 Å². The van der Waals surface area contributed by atoms with Gasteiger partial charge in [-0.1, -0.05) is 0 Å². The normalized spacial score (nSPS) is 18.9. The Balaban J connectivity index is 2.10. The van der Waals surface area contributed by atoms with Gasteiger partial charge in [0.05, 0.1) is 10.5 Å². The summed E-state index contributed by atoms with van der Waals surface area (Å²) in [5, 5.41) is 22.7. The van der Waals surface area contributed by atoms with Crippen LogP contribution in [0.15, 0.2) is 12.3 Å². The Morgan fingerprint density at radius 3 is 3.00 bits per heavy atom. The number of carboxylic acids is 1. The smallest absolute Gasteiger partial charge is 0.337 e. The first kappa shape index (κ1) is 14.2. The summed E-state index contributed by atoms with van der Waals surface area (Å²) in [5.74, 6) is -0.695. The third-order valence-electron chi connectivity index (χ3n) is 3.36. The molecule has 0 aromatic carbocycles. The fraction of sp³-hybridized carbons (Fsp3) is 0.500. The first-order valence-corrected chi connectivity index (χ1v) is 6.27. The van der Waals surface area contributed by atoms with E-state index in [0.29, 0.717) is 12.5 Å². The molecule has 0 saturated carbocycles. The van der Waals surface area contributed by atoms with Crippen molar-refractivity contribution >= 4 is 17.5 Å². The van der Waals surface area contributed by atoms with Crippen LogP contribution in [0.3, 0.4) is 0 Å². The molecule has 2 heterocycles. The third kappa shape index (κ3) is 3.21. The standard InChI is InChI=1S/C12H16N4O4/c1-15-3-2-8(7-15)5-13-11-10(16(19)20)4-9(6-14-11)12(17)18/h4,6,8H,2-3,5,7H2,1H3,(H,13,14)(H,17,18). The summed E-state index contributed by atoms with van der Waals surface area (Å²) in [6.45, 7) is 2.54. The fourth-order valence-electron chi connectivity index (χ4n) is 2.28. The molecule has 0 radical (unpaired) electrons. The number of nitro groups is 1. The van der Waals surface area contributed by atoms with Crippen LogP contribution in [-0.2, 0) is 0 Å². The van der Waals surface area contributed by atoms with Gasteiger partial charge < -0.3 is 15.3 Å². The van der Waals surface area contributed by atoms with Crippen LogP contribution in [0.4, 0.5) is 11.5 Å². The molecule has 1 aliphatic heterocycles. The highest BCUT2D eigenvalue weighted by Crippen LogP contribution is 2.24. The number of carboxylic acid groups (broad SMARTS) is 1. The van der Waals surface area contributed by atoms with Gasteiger partial charge in [0.25, 0.3) is 0 Å². The van der Waals surface area contributed by atoms with Crippen molar-refractivity contribution in [1.29, 1.82) is 0 Å². The third-order valence-corrected chi connectivity index (χ3v) is 3.36. The van der Waals surface area contributed by atoms with Crippen LogP contribution in [0, 0.1) is 16.0 Å². The Hall–Kier alpha value is -2.22. The average molecular weight is 280 g/mol. The van der Waals surface area contributed by atoms with Crippen molar-refractivity contribution in [3.8, 4) is 0 Å². The van der Waals surface area contributed by atoms with Crippen molar-refractivity contribution in [2.24, 2.45) is 5.92 Å². The Kier molecular flexibility index (Phi) is 4.14. The molecule has 8 nitrogen and oxygen atoms in total. The molecule has 2 rings (SSSR count). The lowest BCUT2D eigenvalue weighted by molar-refractivity contribution is -0.384. The Morgan fingerprint density at radius 1 is 1.70 bits per heavy atom. The van der Waals surface area contributed by atoms with Crippen LogP contribution in [0.1, 0.15) is 16.8 Å². The predicted molar refractivity (Wildman–Crippen MR) is 71.9 cm³/mol. The minimum absolute atomic E-state index is 0.120. The fourth-order valence-corrected chi connectivity index (χ4v) is 2.28. The Morgan fingerprint density at radius 2 is 2.45 bits per heavy atom. The zero-order chi connectivity index (χ0) is 14.7. The van der Waals surface area contributed by atoms with Crippen molar-refractivity contribution in [3.05, 3.63) is 27.9 Å². The number of likely N-dealkylation sites (tertiary alicyclic amines) is 1. The van der Waals surface area contributed by atoms with Crippen molar-refractivity contribution in [2.45, 2.75) is 6.42 Å². The topological polar surface area (TPSA) is 109 Å². The Bertz CT molecular complexity index is 534. The predicted octanol–water partition coefficient (Wildman–Crippen LogP) is 1.05. The molecule has 0 amide bonds. The van der Waals surface area contributed by atoms with E-state index in [0.717, 1.165) is 31.8 Å². The number of nitrogens with one attached hydrogen (secondary N) is 1. The number of nitrogens with zero attached hydrogens (tertiary/aromatic N) is 3. The van der Waals surface area contributed by atoms with Crippen LogP contribution in [0.2, 0.25) is 0 Å². The van der Waals surface area contributed by atoms with Gasteiger partial charge in [0, 0.05) is 25.4 Å². The quantitative estimate of drug-likeness (QED) is 0.613. The zero-order valence-corrected chi connectivity index (χ0v) is 11.1. The van der Waals surface area contributed by atoms with Gasteiger partial charge >= 0.3 is 11.7 Å². The van der Waals surface area contributed by atoms with E-state index < -0.39 is 10.9 Å². The zero-order valence-electron chi connectivity index (χ0n) is 11.1. The van der Waals surface area contributed by atoms with E-state index in [9.17, 15) is 14.9 Å². The minimum atomic E-state index is -1.23. The first-order valence-electron chi connectivity index (χ1n) is 6.27. The first-order chi connectivity index (χ1) is 9.47. The highest BCUT2D eigenvalue weighted by molar-refractivity contribution is 5.88. The van der Waals surface area contributed by atoms with E-state index in [1.807, 2.05) is 7.05 Å². The van der Waals surface area contributed by atoms with E-state index in [-0.39, 0.29) is 17.1 Å². The van der Waals surface area contributed by atoms with Gasteiger partial charge in [-0.25, -0.2) is 9.78 Å². The van der Waals surface area contributed by atoms with Crippen LogP contribution in [0.5, 0.6) is 0 Å². The summed E-state index contributed by atoms with van der Waals surface area (Å²) < 4.78 is 0. The van der Waals surface area contributed by atoms with Gasteiger partial charge in [-0.15, -0.1) is 0 Å². The van der Waals surface area contributed by atoms with E-state index in [1.165, 1.54) is 0 Å². The molecule has 1 fully saturated rings. The number of anilines is 1. The molecule has 0 bridgehead atoms. The molecule has 0 aliphatic carbocycles. The van der Waals surface area contributed by atoms with Gasteiger partial charge in [0.2, 0.25) is 5.82 Å². The highest BCUT2D eigenvalue weighted by atomic mass is 16.6. The van der Waals surface area contributed by atoms with Gasteiger partial charge in [-0.2, -0.15) is 0 Å². The SMILES string of the molecule is CN1CCC(CNc2ncc(C(=O)O)cc2[N+](=O)[O-])C1. The lowest BCUT2D eigenvalue weighted by Gasteiger charge is -2.12. The molecule has 1 aromatic rings. The largest absolute Gasteiger partial charge is 0.478 e. The lowest BCUT2D eigenvalue weighted by Crippen LogP contribution is -2.20. The molecular formula is C12H16N4O4. The van der Waals surface area contributed by atoms with Gasteiger partial charge in [-0.05, 0) is 25.9 Å². The number of hydrogen-bond acceptors (Lipinski definition) is 6. The van der Waals surface area contributed by atoms with Crippen molar-refractivity contribution in [3.63, 3.8) is 0 Å². The van der Waals surface area contributed by atoms with E-state index >= 15 is 0 Å². The van der Waals surface area contributed by atoms with Crippen LogP contribution >= 0.6 is 0 Å². The monoisotopic (exact) mass is 280 g/mol. The maximum atomic E-state index is 11.0. The lowest BCUT2D eigenvalue weighted by atomic mass is 10.1. The van der Waals surface area contributed by atoms with E-state index in [1.54, 1.807) is 0 Å². The molecular weight excluding hydrogens is 264 g/mol. The molecule has 0 spiro atoms. The highest BCUT2D eigenvalue weighted by Gasteiger charge is 2.22. The van der Waals surface area contributed by atoms with E-state index in [2.05, 4.69) is 15.2 Å². The molecule has 8 heteroatoms. The molecule has 1 aliphatic rings.